The number of aliphatic carboxylic acids is 1. The average Bonchev–Trinajstić information content (AvgIpc) is 2.30. The Labute approximate surface area is 115 Å². The van der Waals surface area contributed by atoms with E-state index in [4.69, 9.17) is 5.11 Å². The van der Waals surface area contributed by atoms with Gasteiger partial charge in [-0.3, -0.25) is 9.59 Å². The fourth-order valence-corrected chi connectivity index (χ4v) is 1.93. The monoisotopic (exact) mass is 313 g/mol. The first-order valence-corrected chi connectivity index (χ1v) is 6.28. The predicted octanol–water partition coefficient (Wildman–Crippen LogP) is 2.52. The van der Waals surface area contributed by atoms with Crippen LogP contribution in [-0.2, 0) is 16.1 Å². The highest BCUT2D eigenvalue weighted by molar-refractivity contribution is 9.10. The molecule has 0 saturated carbocycles. The predicted molar refractivity (Wildman–Crippen MR) is 72.0 cm³/mol. The summed E-state index contributed by atoms with van der Waals surface area (Å²) in [4.78, 5) is 24.5. The first-order valence-electron chi connectivity index (χ1n) is 5.49. The van der Waals surface area contributed by atoms with Gasteiger partial charge in [0.05, 0.1) is 0 Å². The molecule has 0 heterocycles. The molecule has 0 unspecified atom stereocenters. The fourth-order valence-electron chi connectivity index (χ4n) is 1.52. The van der Waals surface area contributed by atoms with Crippen molar-refractivity contribution in [1.82, 2.24) is 4.90 Å². The minimum absolute atomic E-state index is 0.372. The van der Waals surface area contributed by atoms with Crippen molar-refractivity contribution in [3.8, 4) is 0 Å². The molecule has 98 valence electrons. The molecule has 0 spiro atoms. The van der Waals surface area contributed by atoms with Crippen LogP contribution in [0.3, 0.4) is 0 Å². The van der Waals surface area contributed by atoms with E-state index >= 15 is 0 Å². The second kappa shape index (κ2) is 5.52. The number of hydrogen-bond acceptors (Lipinski definition) is 2. The number of carbonyl (C=O) groups excluding carboxylic acids is 1. The summed E-state index contributed by atoms with van der Waals surface area (Å²) in [6, 6.07) is 7.54. The maximum atomic E-state index is 12.1. The van der Waals surface area contributed by atoms with Gasteiger partial charge in [-0.25, -0.2) is 0 Å². The van der Waals surface area contributed by atoms with E-state index in [0.717, 1.165) is 10.0 Å². The number of amides is 1. The van der Waals surface area contributed by atoms with Crippen LogP contribution in [0.1, 0.15) is 19.4 Å². The Morgan fingerprint density at radius 1 is 1.33 bits per heavy atom. The number of rotatable bonds is 4. The molecule has 0 saturated heterocycles. The van der Waals surface area contributed by atoms with Gasteiger partial charge in [0.2, 0.25) is 5.91 Å². The Morgan fingerprint density at radius 3 is 2.39 bits per heavy atom. The number of carboxylic acids is 1. The van der Waals surface area contributed by atoms with Crippen molar-refractivity contribution < 1.29 is 14.7 Å². The van der Waals surface area contributed by atoms with E-state index in [1.807, 2.05) is 24.3 Å². The van der Waals surface area contributed by atoms with Crippen LogP contribution in [0.5, 0.6) is 0 Å². The minimum Gasteiger partial charge on any atom is -0.480 e. The molecule has 0 atom stereocenters. The summed E-state index contributed by atoms with van der Waals surface area (Å²) in [5, 5.41) is 9.02. The van der Waals surface area contributed by atoms with Crippen molar-refractivity contribution >= 4 is 27.8 Å². The molecule has 1 aromatic carbocycles. The summed E-state index contributed by atoms with van der Waals surface area (Å²) in [5.41, 5.74) is -0.467. The number of carbonyl (C=O) groups is 2. The van der Waals surface area contributed by atoms with Gasteiger partial charge in [-0.2, -0.15) is 0 Å². The molecule has 1 rings (SSSR count). The van der Waals surface area contributed by atoms with Crippen molar-refractivity contribution in [1.29, 1.82) is 0 Å². The van der Waals surface area contributed by atoms with Crippen molar-refractivity contribution in [3.63, 3.8) is 0 Å². The number of carboxylic acid groups (broad SMARTS) is 1. The van der Waals surface area contributed by atoms with E-state index in [9.17, 15) is 9.59 Å². The largest absolute Gasteiger partial charge is 0.480 e. The standard InChI is InChI=1S/C13H16BrNO3/c1-13(2,12(17)18)11(16)15(3)8-9-6-4-5-7-10(9)14/h4-7H,8H2,1-3H3,(H,17,18). The molecule has 0 aromatic heterocycles. The van der Waals surface area contributed by atoms with Gasteiger partial charge < -0.3 is 10.0 Å². The molecule has 18 heavy (non-hydrogen) atoms. The van der Waals surface area contributed by atoms with Gasteiger partial charge in [-0.15, -0.1) is 0 Å². The Bertz CT molecular complexity index is 471. The summed E-state index contributed by atoms with van der Waals surface area (Å²) >= 11 is 3.40. The number of nitrogens with zero attached hydrogens (tertiary/aromatic N) is 1. The van der Waals surface area contributed by atoms with E-state index in [0.29, 0.717) is 6.54 Å². The van der Waals surface area contributed by atoms with E-state index < -0.39 is 17.3 Å². The van der Waals surface area contributed by atoms with Crippen LogP contribution >= 0.6 is 15.9 Å². The third-order valence-electron chi connectivity index (χ3n) is 2.78. The second-order valence-electron chi connectivity index (χ2n) is 4.68. The lowest BCUT2D eigenvalue weighted by molar-refractivity contribution is -0.157. The highest BCUT2D eigenvalue weighted by atomic mass is 79.9. The molecule has 0 fully saturated rings. The van der Waals surface area contributed by atoms with E-state index in [-0.39, 0.29) is 0 Å². The van der Waals surface area contributed by atoms with Crippen molar-refractivity contribution in [3.05, 3.63) is 34.3 Å². The molecular weight excluding hydrogens is 298 g/mol. The smallest absolute Gasteiger partial charge is 0.318 e. The Kier molecular flexibility index (Phi) is 4.51. The van der Waals surface area contributed by atoms with E-state index in [2.05, 4.69) is 15.9 Å². The van der Waals surface area contributed by atoms with Crippen LogP contribution in [0.2, 0.25) is 0 Å². The lowest BCUT2D eigenvalue weighted by Gasteiger charge is -2.26. The summed E-state index contributed by atoms with van der Waals surface area (Å²) in [5.74, 6) is -1.53. The summed E-state index contributed by atoms with van der Waals surface area (Å²) in [6.45, 7) is 3.19. The third-order valence-corrected chi connectivity index (χ3v) is 3.55. The molecule has 1 aromatic rings. The number of benzene rings is 1. The molecular formula is C13H16BrNO3. The van der Waals surface area contributed by atoms with Crippen molar-refractivity contribution in [2.75, 3.05) is 7.05 Å². The molecule has 0 radical (unpaired) electrons. The third kappa shape index (κ3) is 3.10. The van der Waals surface area contributed by atoms with Crippen LogP contribution in [0.15, 0.2) is 28.7 Å². The van der Waals surface area contributed by atoms with E-state index in [1.165, 1.54) is 18.7 Å². The van der Waals surface area contributed by atoms with Crippen LogP contribution in [0.4, 0.5) is 0 Å². The molecule has 4 nitrogen and oxygen atoms in total. The second-order valence-corrected chi connectivity index (χ2v) is 5.54. The van der Waals surface area contributed by atoms with Gasteiger partial charge in [-0.1, -0.05) is 34.1 Å². The molecule has 0 aliphatic carbocycles. The van der Waals surface area contributed by atoms with Crippen LogP contribution in [0, 0.1) is 5.41 Å². The Balaban J connectivity index is 2.84. The number of hydrogen-bond donors (Lipinski definition) is 1. The first kappa shape index (κ1) is 14.7. The Hall–Kier alpha value is -1.36. The molecule has 1 N–H and O–H groups in total. The number of halogens is 1. The fraction of sp³-hybridized carbons (Fsp3) is 0.385. The lowest BCUT2D eigenvalue weighted by Crippen LogP contribution is -2.43. The first-order chi connectivity index (χ1) is 8.26. The highest BCUT2D eigenvalue weighted by Gasteiger charge is 2.38. The average molecular weight is 314 g/mol. The zero-order valence-corrected chi connectivity index (χ0v) is 12.2. The normalized spacial score (nSPS) is 11.1. The maximum absolute atomic E-state index is 12.1. The molecule has 0 aliphatic heterocycles. The topological polar surface area (TPSA) is 57.6 Å². The van der Waals surface area contributed by atoms with Crippen molar-refractivity contribution in [2.45, 2.75) is 20.4 Å². The van der Waals surface area contributed by atoms with Gasteiger partial charge in [0.1, 0.15) is 5.41 Å². The lowest BCUT2D eigenvalue weighted by atomic mass is 9.92. The zero-order valence-electron chi connectivity index (χ0n) is 10.6. The quantitative estimate of drug-likeness (QED) is 0.869. The molecule has 1 amide bonds. The minimum atomic E-state index is -1.41. The summed E-state index contributed by atoms with van der Waals surface area (Å²) < 4.78 is 0.901. The Morgan fingerprint density at radius 2 is 1.89 bits per heavy atom. The molecule has 0 aliphatic rings. The van der Waals surface area contributed by atoms with Gasteiger partial charge in [0.15, 0.2) is 0 Å². The van der Waals surface area contributed by atoms with Crippen LogP contribution < -0.4 is 0 Å². The zero-order chi connectivity index (χ0) is 13.9. The van der Waals surface area contributed by atoms with Crippen molar-refractivity contribution in [2.24, 2.45) is 5.41 Å². The SMILES string of the molecule is CN(Cc1ccccc1Br)C(=O)C(C)(C)C(=O)O. The summed E-state index contributed by atoms with van der Waals surface area (Å²) in [6.07, 6.45) is 0. The molecule has 5 heteroatoms. The summed E-state index contributed by atoms with van der Waals surface area (Å²) in [7, 11) is 1.60. The highest BCUT2D eigenvalue weighted by Crippen LogP contribution is 2.22. The van der Waals surface area contributed by atoms with Gasteiger partial charge in [0.25, 0.3) is 0 Å². The van der Waals surface area contributed by atoms with Crippen LogP contribution in [0.25, 0.3) is 0 Å². The maximum Gasteiger partial charge on any atom is 0.318 e. The van der Waals surface area contributed by atoms with Gasteiger partial charge >= 0.3 is 5.97 Å². The van der Waals surface area contributed by atoms with Gasteiger partial charge in [-0.05, 0) is 25.5 Å². The van der Waals surface area contributed by atoms with Gasteiger partial charge in [0, 0.05) is 18.1 Å². The van der Waals surface area contributed by atoms with E-state index in [1.54, 1.807) is 7.05 Å². The molecule has 0 bridgehead atoms. The van der Waals surface area contributed by atoms with Crippen LogP contribution in [-0.4, -0.2) is 28.9 Å².